The molecule has 1 aromatic rings. The molecule has 0 aromatic carbocycles. The van der Waals surface area contributed by atoms with Gasteiger partial charge in [-0.3, -0.25) is 9.88 Å². The zero-order valence-electron chi connectivity index (χ0n) is 7.53. The van der Waals surface area contributed by atoms with Crippen LogP contribution in [0.1, 0.15) is 11.6 Å². The van der Waals surface area contributed by atoms with E-state index in [0.29, 0.717) is 0 Å². The Morgan fingerprint density at radius 2 is 2.23 bits per heavy atom. The van der Waals surface area contributed by atoms with E-state index < -0.39 is 0 Å². The predicted molar refractivity (Wildman–Crippen MR) is 54.0 cm³/mol. The minimum atomic E-state index is -0.231. The van der Waals surface area contributed by atoms with Crippen molar-refractivity contribution in [2.24, 2.45) is 0 Å². The molecule has 0 saturated carbocycles. The molecule has 0 aliphatic carbocycles. The van der Waals surface area contributed by atoms with Gasteiger partial charge in [-0.1, -0.05) is 0 Å². The summed E-state index contributed by atoms with van der Waals surface area (Å²) in [5.74, 6) is 0. The lowest BCUT2D eigenvalue weighted by molar-refractivity contribution is 0.357. The monoisotopic (exact) mass is 239 g/mol. The zero-order chi connectivity index (χ0) is 9.84. The van der Waals surface area contributed by atoms with E-state index in [1.165, 1.54) is 0 Å². The average Bonchev–Trinajstić information content (AvgIpc) is 2.04. The van der Waals surface area contributed by atoms with Gasteiger partial charge in [-0.2, -0.15) is 5.26 Å². The second-order valence-corrected chi connectivity index (χ2v) is 3.85. The number of halogens is 1. The molecule has 1 atom stereocenters. The van der Waals surface area contributed by atoms with E-state index in [1.807, 2.05) is 25.1 Å². The molecule has 0 spiro atoms. The summed E-state index contributed by atoms with van der Waals surface area (Å²) in [5, 5.41) is 8.91. The second kappa shape index (κ2) is 4.35. The fourth-order valence-electron chi connectivity index (χ4n) is 1.07. The maximum absolute atomic E-state index is 8.91. The van der Waals surface area contributed by atoms with Crippen LogP contribution in [0.3, 0.4) is 0 Å². The Kier molecular flexibility index (Phi) is 3.40. The lowest BCUT2D eigenvalue weighted by Crippen LogP contribution is -2.18. The molecular formula is C9H10BrN3. The van der Waals surface area contributed by atoms with Crippen molar-refractivity contribution in [2.45, 2.75) is 6.04 Å². The number of hydrogen-bond donors (Lipinski definition) is 0. The summed E-state index contributed by atoms with van der Waals surface area (Å²) < 4.78 is 0.895. The van der Waals surface area contributed by atoms with Crippen LogP contribution in [0.2, 0.25) is 0 Å². The van der Waals surface area contributed by atoms with E-state index in [1.54, 1.807) is 12.4 Å². The minimum absolute atomic E-state index is 0.231. The first-order chi connectivity index (χ1) is 6.15. The summed E-state index contributed by atoms with van der Waals surface area (Å²) >= 11 is 3.32. The lowest BCUT2D eigenvalue weighted by Gasteiger charge is -2.16. The van der Waals surface area contributed by atoms with Gasteiger partial charge in [0.25, 0.3) is 0 Å². The Labute approximate surface area is 86.1 Å². The highest BCUT2D eigenvalue weighted by Gasteiger charge is 2.12. The van der Waals surface area contributed by atoms with Gasteiger partial charge >= 0.3 is 0 Å². The van der Waals surface area contributed by atoms with E-state index in [2.05, 4.69) is 27.0 Å². The van der Waals surface area contributed by atoms with Crippen LogP contribution in [-0.2, 0) is 0 Å². The molecule has 68 valence electrons. The number of nitriles is 1. The number of rotatable bonds is 2. The van der Waals surface area contributed by atoms with Crippen molar-refractivity contribution in [3.05, 3.63) is 28.5 Å². The Hall–Kier alpha value is -0.920. The van der Waals surface area contributed by atoms with Gasteiger partial charge in [-0.25, -0.2) is 0 Å². The maximum atomic E-state index is 8.91. The molecule has 0 amide bonds. The van der Waals surface area contributed by atoms with Crippen molar-refractivity contribution in [1.82, 2.24) is 9.88 Å². The third-order valence-corrected chi connectivity index (χ3v) is 2.11. The molecule has 3 nitrogen and oxygen atoms in total. The Bertz CT molecular complexity index is 330. The van der Waals surface area contributed by atoms with Crippen LogP contribution in [0.15, 0.2) is 22.9 Å². The quantitative estimate of drug-likeness (QED) is 0.793. The molecular weight excluding hydrogens is 230 g/mol. The number of hydrogen-bond acceptors (Lipinski definition) is 3. The Morgan fingerprint density at radius 1 is 1.54 bits per heavy atom. The highest BCUT2D eigenvalue weighted by Crippen LogP contribution is 2.19. The number of pyridine rings is 1. The van der Waals surface area contributed by atoms with Gasteiger partial charge in [-0.15, -0.1) is 0 Å². The predicted octanol–water partition coefficient (Wildman–Crippen LogP) is 1.97. The van der Waals surface area contributed by atoms with Crippen LogP contribution in [-0.4, -0.2) is 24.0 Å². The first-order valence-electron chi connectivity index (χ1n) is 3.81. The molecule has 0 bridgehead atoms. The van der Waals surface area contributed by atoms with E-state index >= 15 is 0 Å². The molecule has 0 saturated heterocycles. The van der Waals surface area contributed by atoms with Gasteiger partial charge in [0.05, 0.1) is 6.07 Å². The topological polar surface area (TPSA) is 39.9 Å². The Balaban J connectivity index is 3.00. The van der Waals surface area contributed by atoms with Crippen LogP contribution in [0.25, 0.3) is 0 Å². The first-order valence-corrected chi connectivity index (χ1v) is 4.61. The molecule has 0 aliphatic rings. The van der Waals surface area contributed by atoms with Crippen molar-refractivity contribution in [3.63, 3.8) is 0 Å². The van der Waals surface area contributed by atoms with Crippen molar-refractivity contribution >= 4 is 15.9 Å². The van der Waals surface area contributed by atoms with Crippen LogP contribution in [0, 0.1) is 11.3 Å². The highest BCUT2D eigenvalue weighted by atomic mass is 79.9. The summed E-state index contributed by atoms with van der Waals surface area (Å²) in [7, 11) is 3.74. The summed E-state index contributed by atoms with van der Waals surface area (Å²) in [6.07, 6.45) is 3.41. The largest absolute Gasteiger partial charge is 0.290 e. The van der Waals surface area contributed by atoms with E-state index in [9.17, 15) is 0 Å². The molecule has 1 aromatic heterocycles. The van der Waals surface area contributed by atoms with Gasteiger partial charge in [-0.05, 0) is 36.1 Å². The maximum Gasteiger partial charge on any atom is 0.124 e. The molecule has 0 N–H and O–H groups in total. The van der Waals surface area contributed by atoms with E-state index in [0.717, 1.165) is 10.0 Å². The summed E-state index contributed by atoms with van der Waals surface area (Å²) in [5.41, 5.74) is 0.905. The SMILES string of the molecule is CN(C)C(C#N)c1cncc(Br)c1. The van der Waals surface area contributed by atoms with Gasteiger partial charge < -0.3 is 0 Å². The standard InChI is InChI=1S/C9H10BrN3/c1-13(2)9(4-11)7-3-8(10)6-12-5-7/h3,5-6,9H,1-2H3. The summed E-state index contributed by atoms with van der Waals surface area (Å²) in [6.45, 7) is 0. The van der Waals surface area contributed by atoms with Gasteiger partial charge in [0.15, 0.2) is 0 Å². The van der Waals surface area contributed by atoms with Crippen molar-refractivity contribution < 1.29 is 0 Å². The molecule has 13 heavy (non-hydrogen) atoms. The fraction of sp³-hybridized carbons (Fsp3) is 0.333. The van der Waals surface area contributed by atoms with Crippen molar-refractivity contribution in [3.8, 4) is 6.07 Å². The van der Waals surface area contributed by atoms with Gasteiger partial charge in [0.2, 0.25) is 0 Å². The molecule has 1 rings (SSSR count). The molecule has 0 radical (unpaired) electrons. The summed E-state index contributed by atoms with van der Waals surface area (Å²) in [4.78, 5) is 5.86. The number of aromatic nitrogens is 1. The molecule has 4 heteroatoms. The van der Waals surface area contributed by atoms with Crippen LogP contribution in [0.5, 0.6) is 0 Å². The van der Waals surface area contributed by atoms with Gasteiger partial charge in [0.1, 0.15) is 6.04 Å². The van der Waals surface area contributed by atoms with E-state index in [-0.39, 0.29) is 6.04 Å². The van der Waals surface area contributed by atoms with Crippen LogP contribution in [0.4, 0.5) is 0 Å². The third-order valence-electron chi connectivity index (χ3n) is 1.68. The zero-order valence-corrected chi connectivity index (χ0v) is 9.12. The minimum Gasteiger partial charge on any atom is -0.290 e. The van der Waals surface area contributed by atoms with Crippen molar-refractivity contribution in [1.29, 1.82) is 5.26 Å². The third kappa shape index (κ3) is 2.51. The normalized spacial score (nSPS) is 12.5. The number of nitrogens with zero attached hydrogens (tertiary/aromatic N) is 3. The lowest BCUT2D eigenvalue weighted by atomic mass is 10.1. The van der Waals surface area contributed by atoms with Gasteiger partial charge in [0, 0.05) is 22.4 Å². The molecule has 0 aliphatic heterocycles. The Morgan fingerprint density at radius 3 is 2.69 bits per heavy atom. The molecule has 0 fully saturated rings. The summed E-state index contributed by atoms with van der Waals surface area (Å²) in [6, 6.07) is 3.88. The van der Waals surface area contributed by atoms with Crippen molar-refractivity contribution in [2.75, 3.05) is 14.1 Å². The smallest absolute Gasteiger partial charge is 0.124 e. The fourth-order valence-corrected chi connectivity index (χ4v) is 1.45. The second-order valence-electron chi connectivity index (χ2n) is 2.93. The highest BCUT2D eigenvalue weighted by molar-refractivity contribution is 9.10. The average molecular weight is 240 g/mol. The molecule has 1 heterocycles. The van der Waals surface area contributed by atoms with Crippen LogP contribution >= 0.6 is 15.9 Å². The van der Waals surface area contributed by atoms with E-state index in [4.69, 9.17) is 5.26 Å². The first kappa shape index (κ1) is 10.2. The van der Waals surface area contributed by atoms with Crippen LogP contribution < -0.4 is 0 Å². The molecule has 1 unspecified atom stereocenters.